The Labute approximate surface area is 153 Å². The fourth-order valence-electron chi connectivity index (χ4n) is 3.35. The number of hydrogen-bond donors (Lipinski definition) is 1. The third-order valence-electron chi connectivity index (χ3n) is 4.83. The number of amides is 1. The molecule has 0 atom stereocenters. The van der Waals surface area contributed by atoms with Crippen molar-refractivity contribution in [3.8, 4) is 0 Å². The van der Waals surface area contributed by atoms with Gasteiger partial charge in [0.05, 0.1) is 6.42 Å². The van der Waals surface area contributed by atoms with Crippen molar-refractivity contribution in [2.24, 2.45) is 0 Å². The molecule has 0 heterocycles. The molecule has 2 aromatic carbocycles. The summed E-state index contributed by atoms with van der Waals surface area (Å²) in [6.07, 6.45) is 12.3. The van der Waals surface area contributed by atoms with Gasteiger partial charge in [0.25, 0.3) is 0 Å². The molecule has 0 unspecified atom stereocenters. The van der Waals surface area contributed by atoms with Gasteiger partial charge in [-0.1, -0.05) is 101 Å². The highest BCUT2D eigenvalue weighted by Crippen LogP contribution is 2.18. The quantitative estimate of drug-likeness (QED) is 0.470. The van der Waals surface area contributed by atoms with Gasteiger partial charge in [-0.15, -0.1) is 0 Å². The molecule has 136 valence electrons. The van der Waals surface area contributed by atoms with Crippen molar-refractivity contribution in [2.45, 2.75) is 71.1 Å². The number of rotatable bonds is 12. The van der Waals surface area contributed by atoms with Crippen LogP contribution >= 0.6 is 0 Å². The monoisotopic (exact) mass is 339 g/mol. The van der Waals surface area contributed by atoms with Crippen LogP contribution in [0.3, 0.4) is 0 Å². The molecule has 25 heavy (non-hydrogen) atoms. The first kappa shape index (κ1) is 19.5. The second-order valence-electron chi connectivity index (χ2n) is 6.99. The average molecular weight is 340 g/mol. The maximum absolute atomic E-state index is 12.2. The molecule has 0 bridgehead atoms. The van der Waals surface area contributed by atoms with Crippen LogP contribution in [0.2, 0.25) is 0 Å². The molecule has 0 aliphatic rings. The molecule has 0 saturated carbocycles. The highest BCUT2D eigenvalue weighted by atomic mass is 16.1. The number of carbonyl (C=O) groups is 1. The maximum atomic E-state index is 12.2. The molecular formula is C23H33NO. The Hall–Kier alpha value is -1.83. The van der Waals surface area contributed by atoms with E-state index in [1.165, 1.54) is 62.1 Å². The van der Waals surface area contributed by atoms with Gasteiger partial charge in [-0.2, -0.15) is 0 Å². The molecule has 0 radical (unpaired) electrons. The van der Waals surface area contributed by atoms with Crippen LogP contribution in [0.25, 0.3) is 10.8 Å². The number of fused-ring (bicyclic) bond motifs is 1. The summed E-state index contributed by atoms with van der Waals surface area (Å²) in [6.45, 7) is 3.06. The van der Waals surface area contributed by atoms with Gasteiger partial charge in [0.2, 0.25) is 5.91 Å². The minimum Gasteiger partial charge on any atom is -0.356 e. The van der Waals surface area contributed by atoms with Crippen LogP contribution in [-0.4, -0.2) is 12.5 Å². The van der Waals surface area contributed by atoms with E-state index < -0.39 is 0 Å². The number of carbonyl (C=O) groups excluding carboxylic acids is 1. The summed E-state index contributed by atoms with van der Waals surface area (Å²) in [6, 6.07) is 14.4. The Bertz CT molecular complexity index is 630. The van der Waals surface area contributed by atoms with Gasteiger partial charge in [0, 0.05) is 6.54 Å². The molecule has 1 amide bonds. The van der Waals surface area contributed by atoms with Gasteiger partial charge in [-0.05, 0) is 22.8 Å². The van der Waals surface area contributed by atoms with Gasteiger partial charge in [0.15, 0.2) is 0 Å². The average Bonchev–Trinajstić information content (AvgIpc) is 2.63. The van der Waals surface area contributed by atoms with E-state index in [1.54, 1.807) is 0 Å². The van der Waals surface area contributed by atoms with Crippen molar-refractivity contribution in [1.29, 1.82) is 0 Å². The summed E-state index contributed by atoms with van der Waals surface area (Å²) in [4.78, 5) is 12.2. The normalized spacial score (nSPS) is 10.9. The van der Waals surface area contributed by atoms with E-state index in [9.17, 15) is 4.79 Å². The first-order valence-corrected chi connectivity index (χ1v) is 10.0. The zero-order valence-electron chi connectivity index (χ0n) is 15.7. The summed E-state index contributed by atoms with van der Waals surface area (Å²) in [7, 11) is 0. The molecule has 0 aliphatic heterocycles. The Morgan fingerprint density at radius 1 is 0.800 bits per heavy atom. The van der Waals surface area contributed by atoms with Crippen molar-refractivity contribution in [3.63, 3.8) is 0 Å². The van der Waals surface area contributed by atoms with E-state index >= 15 is 0 Å². The molecule has 0 aliphatic carbocycles. The second-order valence-corrected chi connectivity index (χ2v) is 6.99. The van der Waals surface area contributed by atoms with E-state index in [2.05, 4.69) is 36.5 Å². The SMILES string of the molecule is CCCCCCCCCCCNC(=O)Cc1cccc2ccccc12. The maximum Gasteiger partial charge on any atom is 0.224 e. The van der Waals surface area contributed by atoms with Gasteiger partial charge < -0.3 is 5.32 Å². The molecule has 2 heteroatoms. The highest BCUT2D eigenvalue weighted by molar-refractivity contribution is 5.90. The lowest BCUT2D eigenvalue weighted by molar-refractivity contribution is -0.120. The standard InChI is InChI=1S/C23H33NO/c1-2-3-4-5-6-7-8-9-12-18-24-23(25)19-21-16-13-15-20-14-10-11-17-22(20)21/h10-11,13-17H,2-9,12,18-19H2,1H3,(H,24,25). The van der Waals surface area contributed by atoms with Crippen molar-refractivity contribution in [1.82, 2.24) is 5.32 Å². The Morgan fingerprint density at radius 3 is 2.20 bits per heavy atom. The molecule has 0 saturated heterocycles. The van der Waals surface area contributed by atoms with Crippen molar-refractivity contribution < 1.29 is 4.79 Å². The van der Waals surface area contributed by atoms with E-state index in [-0.39, 0.29) is 5.91 Å². The summed E-state index contributed by atoms with van der Waals surface area (Å²) in [5.41, 5.74) is 1.11. The topological polar surface area (TPSA) is 29.1 Å². The number of unbranched alkanes of at least 4 members (excludes halogenated alkanes) is 8. The van der Waals surface area contributed by atoms with Crippen LogP contribution in [0, 0.1) is 0 Å². The van der Waals surface area contributed by atoms with E-state index in [4.69, 9.17) is 0 Å². The van der Waals surface area contributed by atoms with Crippen LogP contribution in [0.1, 0.15) is 70.3 Å². The number of nitrogens with one attached hydrogen (secondary N) is 1. The largest absolute Gasteiger partial charge is 0.356 e. The lowest BCUT2D eigenvalue weighted by atomic mass is 10.0. The molecule has 2 nitrogen and oxygen atoms in total. The molecule has 0 aromatic heterocycles. The zero-order chi connectivity index (χ0) is 17.7. The summed E-state index contributed by atoms with van der Waals surface area (Å²) in [5.74, 6) is 0.135. The van der Waals surface area contributed by atoms with Crippen LogP contribution < -0.4 is 5.32 Å². The third-order valence-corrected chi connectivity index (χ3v) is 4.83. The predicted octanol–water partition coefficient (Wildman–Crippen LogP) is 6.03. The molecule has 2 aromatic rings. The fourth-order valence-corrected chi connectivity index (χ4v) is 3.35. The Balaban J connectivity index is 1.58. The molecule has 2 rings (SSSR count). The molecule has 0 spiro atoms. The highest BCUT2D eigenvalue weighted by Gasteiger charge is 2.06. The van der Waals surface area contributed by atoms with Crippen molar-refractivity contribution in [2.75, 3.05) is 6.54 Å². The van der Waals surface area contributed by atoms with Crippen LogP contribution in [-0.2, 0) is 11.2 Å². The smallest absolute Gasteiger partial charge is 0.224 e. The first-order chi connectivity index (χ1) is 12.3. The minimum atomic E-state index is 0.135. The summed E-state index contributed by atoms with van der Waals surface area (Å²) in [5, 5.41) is 5.46. The van der Waals surface area contributed by atoms with Gasteiger partial charge in [-0.3, -0.25) is 4.79 Å². The van der Waals surface area contributed by atoms with Crippen LogP contribution in [0.15, 0.2) is 42.5 Å². The Kier molecular flexibility index (Phi) is 9.11. The molecule has 1 N–H and O–H groups in total. The lowest BCUT2D eigenvalue weighted by Crippen LogP contribution is -2.26. The van der Waals surface area contributed by atoms with Gasteiger partial charge in [-0.25, -0.2) is 0 Å². The lowest BCUT2D eigenvalue weighted by Gasteiger charge is -2.08. The van der Waals surface area contributed by atoms with Crippen molar-refractivity contribution >= 4 is 16.7 Å². The predicted molar refractivity (Wildman–Crippen MR) is 108 cm³/mol. The minimum absolute atomic E-state index is 0.135. The third kappa shape index (κ3) is 7.29. The number of hydrogen-bond acceptors (Lipinski definition) is 1. The Morgan fingerprint density at radius 2 is 1.44 bits per heavy atom. The second kappa shape index (κ2) is 11.7. The summed E-state index contributed by atoms with van der Waals surface area (Å²) >= 11 is 0. The van der Waals surface area contributed by atoms with Crippen molar-refractivity contribution in [3.05, 3.63) is 48.0 Å². The van der Waals surface area contributed by atoms with Crippen LogP contribution in [0.4, 0.5) is 0 Å². The fraction of sp³-hybridized carbons (Fsp3) is 0.522. The zero-order valence-corrected chi connectivity index (χ0v) is 15.7. The van der Waals surface area contributed by atoms with E-state index in [0.717, 1.165) is 18.5 Å². The first-order valence-electron chi connectivity index (χ1n) is 10.0. The number of benzene rings is 2. The van der Waals surface area contributed by atoms with Gasteiger partial charge in [0.1, 0.15) is 0 Å². The van der Waals surface area contributed by atoms with Gasteiger partial charge >= 0.3 is 0 Å². The summed E-state index contributed by atoms with van der Waals surface area (Å²) < 4.78 is 0. The molecule has 0 fully saturated rings. The van der Waals surface area contributed by atoms with E-state index in [0.29, 0.717) is 6.42 Å². The molecular weight excluding hydrogens is 306 g/mol. The van der Waals surface area contributed by atoms with Crippen LogP contribution in [0.5, 0.6) is 0 Å². The van der Waals surface area contributed by atoms with E-state index in [1.807, 2.05) is 18.2 Å².